The van der Waals surface area contributed by atoms with Crippen LogP contribution >= 0.6 is 0 Å². The summed E-state index contributed by atoms with van der Waals surface area (Å²) in [5.74, 6) is 1.39. The molecule has 0 unspecified atom stereocenters. The third kappa shape index (κ3) is 4.47. The SMILES string of the molecule is COc1cc(C(=O)Nc2ccccc2C(=O)Nc2ccc3c(c2)OCO3)cc(OC)c1OC. The number of amides is 2. The Labute approximate surface area is 190 Å². The van der Waals surface area contributed by atoms with E-state index >= 15 is 0 Å². The molecule has 170 valence electrons. The molecule has 0 bridgehead atoms. The third-order valence-corrected chi connectivity index (χ3v) is 4.98. The topological polar surface area (TPSA) is 104 Å². The van der Waals surface area contributed by atoms with Crippen molar-refractivity contribution in [1.29, 1.82) is 0 Å². The second-order valence-electron chi connectivity index (χ2n) is 6.94. The standard InChI is InChI=1S/C24H22N2O7/c1-29-20-10-14(11-21(30-2)22(20)31-3)23(27)26-17-7-5-4-6-16(17)24(28)25-15-8-9-18-19(12-15)33-13-32-18/h4-12H,13H2,1-3H3,(H,25,28)(H,26,27). The normalized spacial score (nSPS) is 11.5. The molecule has 0 atom stereocenters. The first kappa shape index (κ1) is 21.8. The Morgan fingerprint density at radius 3 is 2.18 bits per heavy atom. The van der Waals surface area contributed by atoms with Crippen LogP contribution in [0.3, 0.4) is 0 Å². The molecular formula is C24H22N2O7. The van der Waals surface area contributed by atoms with Crippen LogP contribution in [-0.4, -0.2) is 39.9 Å². The fraction of sp³-hybridized carbons (Fsp3) is 0.167. The van der Waals surface area contributed by atoms with Crippen molar-refractivity contribution in [3.63, 3.8) is 0 Å². The van der Waals surface area contributed by atoms with Crippen molar-refractivity contribution < 1.29 is 33.3 Å². The van der Waals surface area contributed by atoms with Gasteiger partial charge in [-0.05, 0) is 36.4 Å². The molecule has 2 N–H and O–H groups in total. The molecule has 0 aliphatic carbocycles. The molecule has 3 aromatic rings. The lowest BCUT2D eigenvalue weighted by atomic mass is 10.1. The van der Waals surface area contributed by atoms with Crippen molar-refractivity contribution >= 4 is 23.2 Å². The second-order valence-corrected chi connectivity index (χ2v) is 6.94. The summed E-state index contributed by atoms with van der Waals surface area (Å²) in [6, 6.07) is 14.9. The van der Waals surface area contributed by atoms with Crippen LogP contribution in [0.4, 0.5) is 11.4 Å². The number of fused-ring (bicyclic) bond motifs is 1. The molecule has 0 aromatic heterocycles. The molecule has 0 saturated heterocycles. The quantitative estimate of drug-likeness (QED) is 0.562. The molecule has 0 saturated carbocycles. The van der Waals surface area contributed by atoms with Gasteiger partial charge in [-0.2, -0.15) is 0 Å². The molecule has 2 amide bonds. The molecule has 1 aliphatic heterocycles. The second kappa shape index (κ2) is 9.39. The Morgan fingerprint density at radius 1 is 0.788 bits per heavy atom. The minimum absolute atomic E-state index is 0.141. The number of methoxy groups -OCH3 is 3. The minimum atomic E-state index is -0.447. The Morgan fingerprint density at radius 2 is 1.48 bits per heavy atom. The Bertz CT molecular complexity index is 1180. The van der Waals surface area contributed by atoms with Crippen molar-refractivity contribution in [2.24, 2.45) is 0 Å². The van der Waals surface area contributed by atoms with Gasteiger partial charge in [0.15, 0.2) is 23.0 Å². The van der Waals surface area contributed by atoms with Crippen LogP contribution in [0.25, 0.3) is 0 Å². The zero-order chi connectivity index (χ0) is 23.4. The molecular weight excluding hydrogens is 428 g/mol. The van der Waals surface area contributed by atoms with Crippen LogP contribution in [0.1, 0.15) is 20.7 Å². The maximum Gasteiger partial charge on any atom is 0.257 e. The molecule has 0 spiro atoms. The van der Waals surface area contributed by atoms with Crippen molar-refractivity contribution in [2.45, 2.75) is 0 Å². The fourth-order valence-corrected chi connectivity index (χ4v) is 3.37. The molecule has 0 radical (unpaired) electrons. The predicted octanol–water partition coefficient (Wildman–Crippen LogP) is 3.95. The summed E-state index contributed by atoms with van der Waals surface area (Å²) in [6.45, 7) is 0.141. The Kier molecular flexibility index (Phi) is 6.21. The van der Waals surface area contributed by atoms with E-state index in [0.29, 0.717) is 40.1 Å². The van der Waals surface area contributed by atoms with E-state index in [9.17, 15) is 9.59 Å². The van der Waals surface area contributed by atoms with Gasteiger partial charge in [-0.1, -0.05) is 12.1 Å². The first-order chi connectivity index (χ1) is 16.0. The number of para-hydroxylation sites is 1. The van der Waals surface area contributed by atoms with Crippen molar-refractivity contribution in [1.82, 2.24) is 0 Å². The number of rotatable bonds is 7. The van der Waals surface area contributed by atoms with E-state index in [1.54, 1.807) is 42.5 Å². The van der Waals surface area contributed by atoms with E-state index in [-0.39, 0.29) is 17.9 Å². The first-order valence-electron chi connectivity index (χ1n) is 9.95. The van der Waals surface area contributed by atoms with Gasteiger partial charge in [-0.25, -0.2) is 0 Å². The number of hydrogen-bond donors (Lipinski definition) is 2. The monoisotopic (exact) mass is 450 g/mol. The van der Waals surface area contributed by atoms with Crippen molar-refractivity contribution in [3.8, 4) is 28.7 Å². The van der Waals surface area contributed by atoms with Gasteiger partial charge >= 0.3 is 0 Å². The smallest absolute Gasteiger partial charge is 0.257 e. The maximum absolute atomic E-state index is 13.0. The third-order valence-electron chi connectivity index (χ3n) is 4.98. The van der Waals surface area contributed by atoms with Gasteiger partial charge in [-0.3, -0.25) is 9.59 Å². The molecule has 4 rings (SSSR count). The molecule has 3 aromatic carbocycles. The van der Waals surface area contributed by atoms with Gasteiger partial charge < -0.3 is 34.3 Å². The fourth-order valence-electron chi connectivity index (χ4n) is 3.37. The van der Waals surface area contributed by atoms with E-state index in [1.165, 1.54) is 33.5 Å². The van der Waals surface area contributed by atoms with Crippen molar-refractivity contribution in [2.75, 3.05) is 38.8 Å². The van der Waals surface area contributed by atoms with Gasteiger partial charge in [0.1, 0.15) is 0 Å². The Balaban J connectivity index is 1.56. The number of nitrogens with one attached hydrogen (secondary N) is 2. The molecule has 9 nitrogen and oxygen atoms in total. The summed E-state index contributed by atoms with van der Waals surface area (Å²) in [6.07, 6.45) is 0. The van der Waals surface area contributed by atoms with Gasteiger partial charge in [0.05, 0.1) is 32.6 Å². The summed E-state index contributed by atoms with van der Waals surface area (Å²) in [4.78, 5) is 25.9. The average molecular weight is 450 g/mol. The summed E-state index contributed by atoms with van der Waals surface area (Å²) in [5, 5.41) is 5.59. The van der Waals surface area contributed by atoms with Gasteiger partial charge in [0.2, 0.25) is 12.5 Å². The highest BCUT2D eigenvalue weighted by molar-refractivity contribution is 6.12. The lowest BCUT2D eigenvalue weighted by Crippen LogP contribution is -2.18. The molecule has 0 fully saturated rings. The van der Waals surface area contributed by atoms with E-state index in [1.807, 2.05) is 0 Å². The Hall–Kier alpha value is -4.40. The van der Waals surface area contributed by atoms with Crippen LogP contribution in [0.5, 0.6) is 28.7 Å². The van der Waals surface area contributed by atoms with Crippen LogP contribution in [0, 0.1) is 0 Å². The highest BCUT2D eigenvalue weighted by Gasteiger charge is 2.20. The maximum atomic E-state index is 13.0. The number of ether oxygens (including phenoxy) is 5. The van der Waals surface area contributed by atoms with Crippen LogP contribution in [0.15, 0.2) is 54.6 Å². The summed E-state index contributed by atoms with van der Waals surface area (Å²) < 4.78 is 26.6. The highest BCUT2D eigenvalue weighted by Crippen LogP contribution is 2.38. The number of hydrogen-bond acceptors (Lipinski definition) is 7. The molecule has 1 aliphatic rings. The van der Waals surface area contributed by atoms with E-state index in [2.05, 4.69) is 10.6 Å². The first-order valence-corrected chi connectivity index (χ1v) is 9.95. The highest BCUT2D eigenvalue weighted by atomic mass is 16.7. The summed E-state index contributed by atoms with van der Waals surface area (Å²) in [5.41, 5.74) is 1.44. The van der Waals surface area contributed by atoms with Gasteiger partial charge in [0.25, 0.3) is 11.8 Å². The molecule has 33 heavy (non-hydrogen) atoms. The van der Waals surface area contributed by atoms with Crippen LogP contribution < -0.4 is 34.3 Å². The van der Waals surface area contributed by atoms with Crippen LogP contribution in [-0.2, 0) is 0 Å². The number of carbonyl (C=O) groups excluding carboxylic acids is 2. The predicted molar refractivity (Wildman–Crippen MR) is 121 cm³/mol. The zero-order valence-corrected chi connectivity index (χ0v) is 18.3. The van der Waals surface area contributed by atoms with Gasteiger partial charge in [0, 0.05) is 17.3 Å². The number of anilines is 2. The zero-order valence-electron chi connectivity index (χ0n) is 18.3. The molecule has 9 heteroatoms. The lowest BCUT2D eigenvalue weighted by molar-refractivity contribution is 0.102. The van der Waals surface area contributed by atoms with Gasteiger partial charge in [-0.15, -0.1) is 0 Å². The van der Waals surface area contributed by atoms with E-state index in [0.717, 1.165) is 0 Å². The van der Waals surface area contributed by atoms with E-state index in [4.69, 9.17) is 23.7 Å². The number of carbonyl (C=O) groups is 2. The van der Waals surface area contributed by atoms with Crippen molar-refractivity contribution in [3.05, 3.63) is 65.7 Å². The number of benzene rings is 3. The summed E-state index contributed by atoms with van der Waals surface area (Å²) >= 11 is 0. The minimum Gasteiger partial charge on any atom is -0.493 e. The largest absolute Gasteiger partial charge is 0.493 e. The van der Waals surface area contributed by atoms with Crippen LogP contribution in [0.2, 0.25) is 0 Å². The lowest BCUT2D eigenvalue weighted by Gasteiger charge is -2.15. The average Bonchev–Trinajstić information content (AvgIpc) is 3.31. The van der Waals surface area contributed by atoms with E-state index < -0.39 is 11.8 Å². The molecule has 1 heterocycles. The summed E-state index contributed by atoms with van der Waals surface area (Å²) in [7, 11) is 4.42.